The third-order valence-electron chi connectivity index (χ3n) is 5.88. The van der Waals surface area contributed by atoms with E-state index in [-0.39, 0.29) is 11.8 Å². The lowest BCUT2D eigenvalue weighted by atomic mass is 10.0. The quantitative estimate of drug-likeness (QED) is 0.583. The molecule has 1 unspecified atom stereocenters. The Bertz CT molecular complexity index is 1290. The van der Waals surface area contributed by atoms with Crippen molar-refractivity contribution in [2.45, 2.75) is 19.4 Å². The molecule has 0 bridgehead atoms. The SMILES string of the molecule is COC(=O)C1Cc2ccc(Oc3ccnn4cc(C(=O)N5CC(C#N)C5)c(C)c34)cc2O1. The Morgan fingerprint density at radius 3 is 2.84 bits per heavy atom. The summed E-state index contributed by atoms with van der Waals surface area (Å²) in [6.45, 7) is 2.74. The molecule has 2 aliphatic rings. The van der Waals surface area contributed by atoms with Crippen molar-refractivity contribution in [1.29, 1.82) is 5.26 Å². The number of nitriles is 1. The van der Waals surface area contributed by atoms with Gasteiger partial charge in [-0.15, -0.1) is 0 Å². The highest BCUT2D eigenvalue weighted by Crippen LogP contribution is 2.36. The van der Waals surface area contributed by atoms with E-state index >= 15 is 0 Å². The molecule has 9 heteroatoms. The van der Waals surface area contributed by atoms with Crippen LogP contribution in [0, 0.1) is 24.2 Å². The highest BCUT2D eigenvalue weighted by atomic mass is 16.6. The summed E-state index contributed by atoms with van der Waals surface area (Å²) in [7, 11) is 1.33. The second kappa shape index (κ2) is 7.57. The molecule has 5 rings (SSSR count). The zero-order valence-electron chi connectivity index (χ0n) is 17.6. The molecule has 1 atom stereocenters. The van der Waals surface area contributed by atoms with Crippen molar-refractivity contribution >= 4 is 17.4 Å². The van der Waals surface area contributed by atoms with Crippen LogP contribution in [0.4, 0.5) is 0 Å². The van der Waals surface area contributed by atoms with Crippen molar-refractivity contribution < 1.29 is 23.8 Å². The van der Waals surface area contributed by atoms with Crippen molar-refractivity contribution in [3.05, 3.63) is 53.3 Å². The van der Waals surface area contributed by atoms with Crippen LogP contribution in [-0.4, -0.2) is 52.7 Å². The van der Waals surface area contributed by atoms with Crippen molar-refractivity contribution in [1.82, 2.24) is 14.5 Å². The minimum absolute atomic E-state index is 0.103. The van der Waals surface area contributed by atoms with Crippen LogP contribution in [0.2, 0.25) is 0 Å². The Balaban J connectivity index is 1.42. The molecule has 2 aromatic heterocycles. The molecular weight excluding hydrogens is 412 g/mol. The number of likely N-dealkylation sites (tertiary alicyclic amines) is 1. The van der Waals surface area contributed by atoms with Gasteiger partial charge in [-0.05, 0) is 24.1 Å². The third-order valence-corrected chi connectivity index (χ3v) is 5.88. The molecule has 1 aromatic carbocycles. The first kappa shape index (κ1) is 19.9. The number of methoxy groups -OCH3 is 1. The number of hydrogen-bond acceptors (Lipinski definition) is 7. The summed E-state index contributed by atoms with van der Waals surface area (Å²) in [5.74, 6) is 1.02. The van der Waals surface area contributed by atoms with Crippen molar-refractivity contribution in [3.8, 4) is 23.3 Å². The number of fused-ring (bicyclic) bond motifs is 2. The number of nitrogens with zero attached hydrogens (tertiary/aromatic N) is 4. The molecule has 0 spiro atoms. The van der Waals surface area contributed by atoms with E-state index in [0.29, 0.717) is 47.8 Å². The van der Waals surface area contributed by atoms with Crippen molar-refractivity contribution in [3.63, 3.8) is 0 Å². The lowest BCUT2D eigenvalue weighted by molar-refractivity contribution is -0.147. The van der Waals surface area contributed by atoms with E-state index in [1.807, 2.05) is 19.1 Å². The van der Waals surface area contributed by atoms with E-state index in [4.69, 9.17) is 19.5 Å². The molecule has 4 heterocycles. The second-order valence-corrected chi connectivity index (χ2v) is 7.90. The highest BCUT2D eigenvalue weighted by molar-refractivity contribution is 5.98. The van der Waals surface area contributed by atoms with E-state index in [2.05, 4.69) is 11.2 Å². The molecule has 9 nitrogen and oxygen atoms in total. The maximum Gasteiger partial charge on any atom is 0.347 e. The van der Waals surface area contributed by atoms with Crippen LogP contribution in [0.15, 0.2) is 36.7 Å². The summed E-state index contributed by atoms with van der Waals surface area (Å²) in [6.07, 6.45) is 3.09. The van der Waals surface area contributed by atoms with E-state index in [9.17, 15) is 9.59 Å². The van der Waals surface area contributed by atoms with Crippen LogP contribution in [0.1, 0.15) is 21.5 Å². The summed E-state index contributed by atoms with van der Waals surface area (Å²) in [5.41, 5.74) is 2.87. The summed E-state index contributed by atoms with van der Waals surface area (Å²) in [4.78, 5) is 26.3. The summed E-state index contributed by atoms with van der Waals surface area (Å²) >= 11 is 0. The third kappa shape index (κ3) is 3.21. The zero-order chi connectivity index (χ0) is 22.4. The van der Waals surface area contributed by atoms with Gasteiger partial charge in [0.25, 0.3) is 5.91 Å². The molecule has 162 valence electrons. The molecule has 1 fully saturated rings. The monoisotopic (exact) mass is 432 g/mol. The number of benzene rings is 1. The Kier molecular flexibility index (Phi) is 4.70. The Morgan fingerprint density at radius 2 is 2.09 bits per heavy atom. The number of hydrogen-bond donors (Lipinski definition) is 0. The Labute approximate surface area is 183 Å². The molecule has 0 saturated carbocycles. The predicted molar refractivity (Wildman–Crippen MR) is 112 cm³/mol. The lowest BCUT2D eigenvalue weighted by Gasteiger charge is -2.35. The average Bonchev–Trinajstić information content (AvgIpc) is 3.34. The van der Waals surface area contributed by atoms with E-state index in [1.165, 1.54) is 7.11 Å². The smallest absolute Gasteiger partial charge is 0.347 e. The standard InChI is InChI=1S/C23H20N4O5/c1-13-17(22(28)26-10-14(9-24)11-26)12-27-21(13)18(5-6-25-27)31-16-4-3-15-7-20(23(29)30-2)32-19(15)8-16/h3-6,8,12,14,20H,7,10-11H2,1-2H3. The molecule has 1 saturated heterocycles. The average molecular weight is 432 g/mol. The van der Waals surface area contributed by atoms with Gasteiger partial charge in [0, 0.05) is 37.8 Å². The number of aromatic nitrogens is 2. The number of rotatable bonds is 4. The molecule has 0 radical (unpaired) electrons. The number of carbonyl (C=O) groups excluding carboxylic acids is 2. The van der Waals surface area contributed by atoms with Gasteiger partial charge in [-0.2, -0.15) is 10.4 Å². The summed E-state index contributed by atoms with van der Waals surface area (Å²) in [5, 5.41) is 13.3. The van der Waals surface area contributed by atoms with Gasteiger partial charge in [0.15, 0.2) is 11.9 Å². The van der Waals surface area contributed by atoms with Gasteiger partial charge in [0.05, 0.1) is 30.9 Å². The van der Waals surface area contributed by atoms with Crippen LogP contribution >= 0.6 is 0 Å². The largest absolute Gasteiger partial charge is 0.478 e. The van der Waals surface area contributed by atoms with Gasteiger partial charge in [0.1, 0.15) is 17.0 Å². The fraction of sp³-hybridized carbons (Fsp3) is 0.304. The molecule has 2 aliphatic heterocycles. The van der Waals surface area contributed by atoms with E-state index in [1.54, 1.807) is 33.9 Å². The number of carbonyl (C=O) groups is 2. The number of aryl methyl sites for hydroxylation is 1. The summed E-state index contributed by atoms with van der Waals surface area (Å²) in [6, 6.07) is 9.32. The number of ether oxygens (including phenoxy) is 3. The second-order valence-electron chi connectivity index (χ2n) is 7.90. The van der Waals surface area contributed by atoms with Gasteiger partial charge >= 0.3 is 5.97 Å². The van der Waals surface area contributed by atoms with Gasteiger partial charge in [-0.1, -0.05) is 6.07 Å². The molecule has 32 heavy (non-hydrogen) atoms. The minimum atomic E-state index is -0.651. The zero-order valence-corrected chi connectivity index (χ0v) is 17.6. The van der Waals surface area contributed by atoms with Gasteiger partial charge in [-0.3, -0.25) is 4.79 Å². The summed E-state index contributed by atoms with van der Waals surface area (Å²) < 4.78 is 18.2. The predicted octanol–water partition coefficient (Wildman–Crippen LogP) is 2.51. The van der Waals surface area contributed by atoms with Crippen molar-refractivity contribution in [2.75, 3.05) is 20.2 Å². The van der Waals surface area contributed by atoms with Crippen LogP contribution in [-0.2, 0) is 16.0 Å². The Hall–Kier alpha value is -4.06. The topological polar surface area (TPSA) is 106 Å². The maximum absolute atomic E-state index is 12.9. The molecule has 1 amide bonds. The van der Waals surface area contributed by atoms with E-state index < -0.39 is 12.1 Å². The van der Waals surface area contributed by atoms with Crippen LogP contribution in [0.3, 0.4) is 0 Å². The highest BCUT2D eigenvalue weighted by Gasteiger charge is 2.33. The van der Waals surface area contributed by atoms with Crippen LogP contribution < -0.4 is 9.47 Å². The van der Waals surface area contributed by atoms with Gasteiger partial charge in [0.2, 0.25) is 0 Å². The lowest BCUT2D eigenvalue weighted by Crippen LogP contribution is -2.49. The first-order valence-corrected chi connectivity index (χ1v) is 10.2. The minimum Gasteiger partial charge on any atom is -0.478 e. The molecule has 0 N–H and O–H groups in total. The first-order valence-electron chi connectivity index (χ1n) is 10.2. The number of esters is 1. The Morgan fingerprint density at radius 1 is 1.28 bits per heavy atom. The van der Waals surface area contributed by atoms with Gasteiger partial charge in [-0.25, -0.2) is 9.31 Å². The molecule has 3 aromatic rings. The fourth-order valence-corrected chi connectivity index (χ4v) is 4.08. The maximum atomic E-state index is 12.9. The van der Waals surface area contributed by atoms with Crippen LogP contribution in [0.25, 0.3) is 5.52 Å². The molecule has 0 aliphatic carbocycles. The van der Waals surface area contributed by atoms with E-state index in [0.717, 1.165) is 11.1 Å². The fourth-order valence-electron chi connectivity index (χ4n) is 4.08. The number of amides is 1. The normalized spacial score (nSPS) is 17.3. The first-order chi connectivity index (χ1) is 15.5. The molecular formula is C23H20N4O5. The van der Waals surface area contributed by atoms with Crippen LogP contribution in [0.5, 0.6) is 17.2 Å². The van der Waals surface area contributed by atoms with Crippen molar-refractivity contribution in [2.24, 2.45) is 5.92 Å². The van der Waals surface area contributed by atoms with Gasteiger partial charge < -0.3 is 19.1 Å².